The summed E-state index contributed by atoms with van der Waals surface area (Å²) in [5.41, 5.74) is 7.43. The van der Waals surface area contributed by atoms with Crippen molar-refractivity contribution in [3.8, 4) is 11.3 Å². The number of rotatable bonds is 4. The Morgan fingerprint density at radius 3 is 2.53 bits per heavy atom. The first-order valence-corrected chi connectivity index (χ1v) is 9.81. The molecule has 0 radical (unpaired) electrons. The lowest BCUT2D eigenvalue weighted by atomic mass is 10.1. The second kappa shape index (κ2) is 7.89. The second-order valence-electron chi connectivity index (χ2n) is 6.71. The van der Waals surface area contributed by atoms with Gasteiger partial charge in [0.2, 0.25) is 5.95 Å². The Morgan fingerprint density at radius 1 is 0.800 bits per heavy atom. The Kier molecular flexibility index (Phi) is 4.79. The van der Waals surface area contributed by atoms with Crippen molar-refractivity contribution in [1.29, 1.82) is 0 Å². The number of nitrogens with one attached hydrogen (secondary N) is 1. The van der Waals surface area contributed by atoms with Crippen LogP contribution in [0, 0.1) is 0 Å². The summed E-state index contributed by atoms with van der Waals surface area (Å²) in [7, 11) is 0. The van der Waals surface area contributed by atoms with Crippen LogP contribution in [-0.2, 0) is 0 Å². The fourth-order valence-electron chi connectivity index (χ4n) is 3.36. The van der Waals surface area contributed by atoms with E-state index in [1.165, 1.54) is 0 Å². The Labute approximate surface area is 178 Å². The van der Waals surface area contributed by atoms with Crippen LogP contribution in [0.25, 0.3) is 33.1 Å². The molecule has 0 aliphatic heterocycles. The fraction of sp³-hybridized carbons (Fsp3) is 0. The van der Waals surface area contributed by atoms with Gasteiger partial charge in [-0.1, -0.05) is 60.1 Å². The first-order valence-electron chi connectivity index (χ1n) is 9.43. The number of benzene rings is 3. The van der Waals surface area contributed by atoms with E-state index in [0.717, 1.165) is 38.6 Å². The van der Waals surface area contributed by atoms with Gasteiger partial charge in [-0.2, -0.15) is 5.10 Å². The average Bonchev–Trinajstić information content (AvgIpc) is 2.79. The Balaban J connectivity index is 1.53. The van der Waals surface area contributed by atoms with Crippen molar-refractivity contribution in [2.75, 3.05) is 5.43 Å². The normalized spacial score (nSPS) is 11.4. The number of aromatic nitrogens is 3. The third kappa shape index (κ3) is 3.58. The predicted octanol–water partition coefficient (Wildman–Crippen LogP) is 5.94. The monoisotopic (exact) mass is 409 g/mol. The zero-order valence-electron chi connectivity index (χ0n) is 15.8. The SMILES string of the molecule is Clc1ccc2nc(NN=Cc3ccnc4ccccc34)nc(-c3ccccc3)c2c1. The summed E-state index contributed by atoms with van der Waals surface area (Å²) in [6, 6.07) is 25.4. The molecule has 0 fully saturated rings. The van der Waals surface area contributed by atoms with Crippen molar-refractivity contribution in [3.05, 3.63) is 95.6 Å². The number of hydrazone groups is 1. The number of hydrogen-bond acceptors (Lipinski definition) is 5. The zero-order chi connectivity index (χ0) is 20.3. The van der Waals surface area contributed by atoms with Crippen LogP contribution in [0.1, 0.15) is 5.56 Å². The van der Waals surface area contributed by atoms with E-state index in [0.29, 0.717) is 11.0 Å². The molecular formula is C24H16ClN5. The molecule has 1 N–H and O–H groups in total. The van der Waals surface area contributed by atoms with Crippen LogP contribution in [0.4, 0.5) is 5.95 Å². The molecule has 5 nitrogen and oxygen atoms in total. The molecule has 0 aliphatic carbocycles. The van der Waals surface area contributed by atoms with E-state index in [4.69, 9.17) is 16.6 Å². The molecule has 144 valence electrons. The molecule has 0 amide bonds. The molecule has 6 heteroatoms. The molecule has 2 heterocycles. The summed E-state index contributed by atoms with van der Waals surface area (Å²) in [5.74, 6) is 0.415. The van der Waals surface area contributed by atoms with Crippen LogP contribution in [0.15, 0.2) is 90.2 Å². The number of anilines is 1. The first-order chi connectivity index (χ1) is 14.8. The summed E-state index contributed by atoms with van der Waals surface area (Å²) in [5, 5.41) is 6.94. The molecule has 0 spiro atoms. The van der Waals surface area contributed by atoms with Crippen LogP contribution in [0.3, 0.4) is 0 Å². The second-order valence-corrected chi connectivity index (χ2v) is 7.15. The highest BCUT2D eigenvalue weighted by molar-refractivity contribution is 6.31. The van der Waals surface area contributed by atoms with Crippen LogP contribution in [0.2, 0.25) is 5.02 Å². The van der Waals surface area contributed by atoms with Crippen molar-refractivity contribution in [2.45, 2.75) is 0 Å². The Morgan fingerprint density at radius 2 is 1.63 bits per heavy atom. The molecule has 0 unspecified atom stereocenters. The summed E-state index contributed by atoms with van der Waals surface area (Å²) < 4.78 is 0. The number of pyridine rings is 1. The van der Waals surface area contributed by atoms with Crippen LogP contribution >= 0.6 is 11.6 Å². The van der Waals surface area contributed by atoms with E-state index in [9.17, 15) is 0 Å². The molecule has 30 heavy (non-hydrogen) atoms. The minimum atomic E-state index is 0.415. The zero-order valence-corrected chi connectivity index (χ0v) is 16.6. The van der Waals surface area contributed by atoms with Crippen LogP contribution < -0.4 is 5.43 Å². The minimum Gasteiger partial charge on any atom is -0.256 e. The van der Waals surface area contributed by atoms with Gasteiger partial charge in [-0.15, -0.1) is 0 Å². The lowest BCUT2D eigenvalue weighted by Crippen LogP contribution is -2.00. The molecule has 0 aliphatic rings. The van der Waals surface area contributed by atoms with Crippen molar-refractivity contribution in [3.63, 3.8) is 0 Å². The largest absolute Gasteiger partial charge is 0.256 e. The van der Waals surface area contributed by atoms with Gasteiger partial charge >= 0.3 is 0 Å². The van der Waals surface area contributed by atoms with Gasteiger partial charge in [0.15, 0.2) is 0 Å². The molecule has 0 saturated heterocycles. The lowest BCUT2D eigenvalue weighted by Gasteiger charge is -2.09. The number of halogens is 1. The van der Waals surface area contributed by atoms with Crippen molar-refractivity contribution >= 4 is 45.6 Å². The molecule has 5 rings (SSSR count). The van der Waals surface area contributed by atoms with Gasteiger partial charge in [-0.05, 0) is 30.3 Å². The smallest absolute Gasteiger partial charge is 0.244 e. The Bertz CT molecular complexity index is 1380. The molecule has 3 aromatic carbocycles. The lowest BCUT2D eigenvalue weighted by molar-refractivity contribution is 1.16. The maximum Gasteiger partial charge on any atom is 0.244 e. The molecule has 2 aromatic heterocycles. The summed E-state index contributed by atoms with van der Waals surface area (Å²) >= 11 is 6.22. The van der Waals surface area contributed by atoms with E-state index in [1.54, 1.807) is 12.4 Å². The maximum atomic E-state index is 6.22. The average molecular weight is 410 g/mol. The van der Waals surface area contributed by atoms with Crippen molar-refractivity contribution in [2.24, 2.45) is 5.10 Å². The maximum absolute atomic E-state index is 6.22. The van der Waals surface area contributed by atoms with Gasteiger partial charge in [0.25, 0.3) is 0 Å². The van der Waals surface area contributed by atoms with Gasteiger partial charge in [-0.3, -0.25) is 4.98 Å². The number of para-hydroxylation sites is 1. The van der Waals surface area contributed by atoms with Gasteiger partial charge in [-0.25, -0.2) is 15.4 Å². The molecule has 0 atom stereocenters. The highest BCUT2D eigenvalue weighted by atomic mass is 35.5. The number of hydrogen-bond donors (Lipinski definition) is 1. The standard InChI is InChI=1S/C24H16ClN5/c25-18-10-11-22-20(14-18)23(16-6-2-1-3-7-16)29-24(28-22)30-27-15-17-12-13-26-21-9-5-4-8-19(17)21/h1-15H,(H,28,29,30). The van der Waals surface area contributed by atoms with E-state index in [2.05, 4.69) is 20.5 Å². The van der Waals surface area contributed by atoms with Crippen molar-refractivity contribution in [1.82, 2.24) is 15.0 Å². The van der Waals surface area contributed by atoms with Gasteiger partial charge in [0.1, 0.15) is 0 Å². The molecule has 5 aromatic rings. The molecular weight excluding hydrogens is 394 g/mol. The number of nitrogens with zero attached hydrogens (tertiary/aromatic N) is 4. The number of fused-ring (bicyclic) bond motifs is 2. The Hall–Kier alpha value is -3.83. The molecule has 0 saturated carbocycles. The third-order valence-corrected chi connectivity index (χ3v) is 4.99. The summed E-state index contributed by atoms with van der Waals surface area (Å²) in [6.45, 7) is 0. The highest BCUT2D eigenvalue weighted by Crippen LogP contribution is 2.29. The van der Waals surface area contributed by atoms with Crippen LogP contribution in [-0.4, -0.2) is 21.2 Å². The first kappa shape index (κ1) is 18.2. The topological polar surface area (TPSA) is 63.1 Å². The van der Waals surface area contributed by atoms with E-state index in [-0.39, 0.29) is 0 Å². The third-order valence-electron chi connectivity index (χ3n) is 4.76. The van der Waals surface area contributed by atoms with E-state index in [1.807, 2.05) is 78.9 Å². The predicted molar refractivity (Wildman–Crippen MR) is 123 cm³/mol. The quantitative estimate of drug-likeness (QED) is 0.294. The summed E-state index contributed by atoms with van der Waals surface area (Å²) in [4.78, 5) is 13.7. The van der Waals surface area contributed by atoms with Gasteiger partial charge < -0.3 is 0 Å². The van der Waals surface area contributed by atoms with Gasteiger partial charge in [0, 0.05) is 33.1 Å². The van der Waals surface area contributed by atoms with Gasteiger partial charge in [0.05, 0.1) is 22.9 Å². The molecule has 0 bridgehead atoms. The summed E-state index contributed by atoms with van der Waals surface area (Å²) in [6.07, 6.45) is 3.52. The van der Waals surface area contributed by atoms with Crippen LogP contribution in [0.5, 0.6) is 0 Å². The van der Waals surface area contributed by atoms with E-state index >= 15 is 0 Å². The minimum absolute atomic E-state index is 0.415. The fourth-order valence-corrected chi connectivity index (χ4v) is 3.53. The van der Waals surface area contributed by atoms with Crippen molar-refractivity contribution < 1.29 is 0 Å². The highest BCUT2D eigenvalue weighted by Gasteiger charge is 2.10. The van der Waals surface area contributed by atoms with E-state index < -0.39 is 0 Å².